The van der Waals surface area contributed by atoms with Gasteiger partial charge in [-0.2, -0.15) is 4.99 Å². The van der Waals surface area contributed by atoms with E-state index in [4.69, 9.17) is 16.2 Å². The molecule has 11 nitrogen and oxygen atoms in total. The van der Waals surface area contributed by atoms with Crippen molar-refractivity contribution in [1.82, 2.24) is 0 Å². The van der Waals surface area contributed by atoms with E-state index in [1.807, 2.05) is 0 Å². The Kier molecular flexibility index (Phi) is 5.34. The highest BCUT2D eigenvalue weighted by Gasteiger charge is 2.44. The van der Waals surface area contributed by atoms with E-state index in [0.717, 1.165) is 19.3 Å². The molecular formula is C17H23N7O4. The second-order valence-corrected chi connectivity index (χ2v) is 6.62. The summed E-state index contributed by atoms with van der Waals surface area (Å²) in [5, 5.41) is 14.2. The normalized spacial score (nSPS) is 18.2. The molecule has 0 aromatic heterocycles. The van der Waals surface area contributed by atoms with Gasteiger partial charge in [0.15, 0.2) is 0 Å². The van der Waals surface area contributed by atoms with Crippen LogP contribution >= 0.6 is 0 Å². The van der Waals surface area contributed by atoms with Gasteiger partial charge in [-0.25, -0.2) is 9.79 Å². The van der Waals surface area contributed by atoms with Gasteiger partial charge < -0.3 is 16.2 Å². The summed E-state index contributed by atoms with van der Waals surface area (Å²) in [6, 6.07) is 4.33. The minimum atomic E-state index is -0.797. The number of nitrogens with two attached hydrogens (primary N) is 2. The summed E-state index contributed by atoms with van der Waals surface area (Å²) in [7, 11) is 0. The van der Waals surface area contributed by atoms with Crippen LogP contribution < -0.4 is 21.7 Å². The SMILES string of the molecule is CCOC(=O)Nc1ccc(N2C(N)=NC(N)=NC23CCCCC3)c([N+](=O)[O-])c1. The van der Waals surface area contributed by atoms with Crippen LogP contribution in [0.3, 0.4) is 0 Å². The third-order valence-electron chi connectivity index (χ3n) is 4.79. The molecule has 1 spiro atoms. The average molecular weight is 389 g/mol. The number of ether oxygens (including phenoxy) is 1. The Bertz CT molecular complexity index is 846. The van der Waals surface area contributed by atoms with Crippen molar-refractivity contribution in [3.63, 3.8) is 0 Å². The van der Waals surface area contributed by atoms with Gasteiger partial charge in [-0.05, 0) is 44.7 Å². The van der Waals surface area contributed by atoms with Gasteiger partial charge in [-0.1, -0.05) is 6.42 Å². The van der Waals surface area contributed by atoms with Crippen LogP contribution in [0.1, 0.15) is 39.0 Å². The van der Waals surface area contributed by atoms with Gasteiger partial charge >= 0.3 is 6.09 Å². The Morgan fingerprint density at radius 3 is 2.71 bits per heavy atom. The largest absolute Gasteiger partial charge is 0.450 e. The van der Waals surface area contributed by atoms with Crippen LogP contribution in [0.15, 0.2) is 28.2 Å². The maximum Gasteiger partial charge on any atom is 0.411 e. The van der Waals surface area contributed by atoms with Crippen LogP contribution in [0, 0.1) is 10.1 Å². The van der Waals surface area contributed by atoms with Gasteiger partial charge in [0.2, 0.25) is 11.9 Å². The molecule has 1 aromatic carbocycles. The van der Waals surface area contributed by atoms with Gasteiger partial charge in [0.05, 0.1) is 17.2 Å². The summed E-state index contributed by atoms with van der Waals surface area (Å²) in [4.78, 5) is 33.0. The molecule has 2 aliphatic rings. The standard InChI is InChI=1S/C17H23N7O4/c1-2-28-16(25)20-11-6-7-12(13(10-11)24(26)27)23-15(19)21-14(18)22-17(23)8-4-3-5-9-17/h6-7,10H,2-5,8-9H2,1H3,(H,20,25)(H4,18,19,21,22). The van der Waals surface area contributed by atoms with E-state index in [-0.39, 0.29) is 35.6 Å². The molecule has 11 heteroatoms. The molecule has 5 N–H and O–H groups in total. The number of nitro benzene ring substituents is 1. The van der Waals surface area contributed by atoms with E-state index >= 15 is 0 Å². The highest BCUT2D eigenvalue weighted by atomic mass is 16.6. The van der Waals surface area contributed by atoms with Crippen LogP contribution in [-0.4, -0.2) is 35.2 Å². The van der Waals surface area contributed by atoms with Crippen molar-refractivity contribution in [3.05, 3.63) is 28.3 Å². The van der Waals surface area contributed by atoms with Gasteiger partial charge in [0.25, 0.3) is 5.69 Å². The molecule has 0 unspecified atom stereocenters. The molecular weight excluding hydrogens is 366 g/mol. The van der Waals surface area contributed by atoms with Gasteiger partial charge in [0.1, 0.15) is 11.4 Å². The lowest BCUT2D eigenvalue weighted by atomic mass is 9.87. The molecule has 0 atom stereocenters. The minimum Gasteiger partial charge on any atom is -0.450 e. The molecule has 28 heavy (non-hydrogen) atoms. The number of guanidine groups is 2. The Labute approximate surface area is 161 Å². The summed E-state index contributed by atoms with van der Waals surface area (Å²) >= 11 is 0. The van der Waals surface area contributed by atoms with Crippen molar-refractivity contribution in [3.8, 4) is 0 Å². The predicted molar refractivity (Wildman–Crippen MR) is 105 cm³/mol. The monoisotopic (exact) mass is 389 g/mol. The zero-order chi connectivity index (χ0) is 20.3. The molecule has 1 saturated carbocycles. The molecule has 0 bridgehead atoms. The first-order chi connectivity index (χ1) is 13.4. The molecule has 150 valence electrons. The second kappa shape index (κ2) is 7.71. The van der Waals surface area contributed by atoms with E-state index < -0.39 is 16.7 Å². The van der Waals surface area contributed by atoms with Gasteiger partial charge in [-0.3, -0.25) is 20.3 Å². The number of carbonyl (C=O) groups excluding carboxylic acids is 1. The number of aliphatic imine (C=N–C) groups is 2. The van der Waals surface area contributed by atoms with Crippen LogP contribution in [0.5, 0.6) is 0 Å². The van der Waals surface area contributed by atoms with Crippen LogP contribution in [0.25, 0.3) is 0 Å². The Morgan fingerprint density at radius 1 is 1.36 bits per heavy atom. The van der Waals surface area contributed by atoms with Crippen molar-refractivity contribution >= 4 is 35.1 Å². The maximum atomic E-state index is 11.8. The third-order valence-corrected chi connectivity index (χ3v) is 4.79. The van der Waals surface area contributed by atoms with E-state index in [1.54, 1.807) is 17.9 Å². The lowest BCUT2D eigenvalue weighted by Crippen LogP contribution is -2.58. The summed E-state index contributed by atoms with van der Waals surface area (Å²) in [6.45, 7) is 1.86. The zero-order valence-electron chi connectivity index (χ0n) is 15.6. The number of amides is 1. The lowest BCUT2D eigenvalue weighted by Gasteiger charge is -2.45. The van der Waals surface area contributed by atoms with Crippen LogP contribution in [-0.2, 0) is 4.74 Å². The van der Waals surface area contributed by atoms with E-state index in [9.17, 15) is 14.9 Å². The second-order valence-electron chi connectivity index (χ2n) is 6.62. The van der Waals surface area contributed by atoms with Crippen molar-refractivity contribution < 1.29 is 14.5 Å². The van der Waals surface area contributed by atoms with Crippen LogP contribution in [0.2, 0.25) is 0 Å². The van der Waals surface area contributed by atoms with E-state index in [2.05, 4.69) is 15.3 Å². The van der Waals surface area contributed by atoms with E-state index in [0.29, 0.717) is 12.8 Å². The summed E-state index contributed by atoms with van der Waals surface area (Å²) in [5.74, 6) is 0.127. The molecule has 0 saturated heterocycles. The Hall–Kier alpha value is -3.37. The van der Waals surface area contributed by atoms with E-state index in [1.165, 1.54) is 12.1 Å². The number of rotatable bonds is 4. The molecule has 1 aromatic rings. The fourth-order valence-electron chi connectivity index (χ4n) is 3.69. The van der Waals surface area contributed by atoms with Crippen molar-refractivity contribution in [1.29, 1.82) is 0 Å². The van der Waals surface area contributed by atoms with Crippen molar-refractivity contribution in [2.75, 3.05) is 16.8 Å². The first kappa shape index (κ1) is 19.4. The molecule has 3 rings (SSSR count). The molecule has 1 fully saturated rings. The third kappa shape index (κ3) is 3.68. The molecule has 1 heterocycles. The number of nitrogens with zero attached hydrogens (tertiary/aromatic N) is 4. The topological polar surface area (TPSA) is 161 Å². The number of nitro groups is 1. The fourth-order valence-corrected chi connectivity index (χ4v) is 3.69. The Balaban J connectivity index is 2.04. The number of nitrogens with one attached hydrogen (secondary N) is 1. The van der Waals surface area contributed by atoms with Crippen LogP contribution in [0.4, 0.5) is 21.9 Å². The number of hydrogen-bond donors (Lipinski definition) is 3. The lowest BCUT2D eigenvalue weighted by molar-refractivity contribution is -0.384. The molecule has 1 aliphatic carbocycles. The first-order valence-electron chi connectivity index (χ1n) is 9.08. The number of benzene rings is 1. The molecule has 1 amide bonds. The highest BCUT2D eigenvalue weighted by Crippen LogP contribution is 2.43. The Morgan fingerprint density at radius 2 is 2.07 bits per heavy atom. The first-order valence-corrected chi connectivity index (χ1v) is 9.08. The highest BCUT2D eigenvalue weighted by molar-refractivity contribution is 6.07. The number of carbonyl (C=O) groups is 1. The predicted octanol–water partition coefficient (Wildman–Crippen LogP) is 2.27. The quantitative estimate of drug-likeness (QED) is 0.525. The van der Waals surface area contributed by atoms with Gasteiger partial charge in [-0.15, -0.1) is 0 Å². The van der Waals surface area contributed by atoms with Crippen molar-refractivity contribution in [2.45, 2.75) is 44.7 Å². The smallest absolute Gasteiger partial charge is 0.411 e. The number of hydrogen-bond acceptors (Lipinski definition) is 9. The van der Waals surface area contributed by atoms with Gasteiger partial charge in [0, 0.05) is 6.07 Å². The zero-order valence-corrected chi connectivity index (χ0v) is 15.6. The minimum absolute atomic E-state index is 0.0589. The maximum absolute atomic E-state index is 11.8. The molecule has 1 aliphatic heterocycles. The fraction of sp³-hybridized carbons (Fsp3) is 0.471. The average Bonchev–Trinajstić information content (AvgIpc) is 2.62. The summed E-state index contributed by atoms with van der Waals surface area (Å²) < 4.78 is 4.81. The molecule has 0 radical (unpaired) electrons. The van der Waals surface area contributed by atoms with Crippen molar-refractivity contribution in [2.24, 2.45) is 21.5 Å². The summed E-state index contributed by atoms with van der Waals surface area (Å²) in [6.07, 6.45) is 3.47. The summed E-state index contributed by atoms with van der Waals surface area (Å²) in [5.41, 5.74) is 11.4. The number of anilines is 2.